The van der Waals surface area contributed by atoms with Crippen LogP contribution in [0.4, 0.5) is 0 Å². The topological polar surface area (TPSA) is 63.5 Å². The fourth-order valence-electron chi connectivity index (χ4n) is 3.90. The molecule has 0 saturated heterocycles. The van der Waals surface area contributed by atoms with Gasteiger partial charge in [-0.3, -0.25) is 5.43 Å². The van der Waals surface area contributed by atoms with Crippen molar-refractivity contribution in [1.29, 1.82) is 0 Å². The number of thiocarbonyl (C=S) groups is 1. The maximum Gasteiger partial charge on any atom is 0.184 e. The zero-order chi connectivity index (χ0) is 19.0. The maximum atomic E-state index is 6.07. The van der Waals surface area contributed by atoms with E-state index < -0.39 is 0 Å². The number of fused-ring (bicyclic) bond motifs is 1. The van der Waals surface area contributed by atoms with Crippen molar-refractivity contribution in [3.05, 3.63) is 70.4 Å². The van der Waals surface area contributed by atoms with Crippen LogP contribution in [0.15, 0.2) is 68.6 Å². The Hall–Kier alpha value is -2.18. The molecule has 0 aliphatic heterocycles. The highest BCUT2D eigenvalue weighted by Crippen LogP contribution is 2.49. The van der Waals surface area contributed by atoms with Crippen LogP contribution in [-0.2, 0) is 5.41 Å². The summed E-state index contributed by atoms with van der Waals surface area (Å²) in [4.78, 5) is 0. The minimum absolute atomic E-state index is 0.144. The van der Waals surface area contributed by atoms with Crippen molar-refractivity contribution < 1.29 is 4.42 Å². The van der Waals surface area contributed by atoms with Gasteiger partial charge in [0.05, 0.1) is 0 Å². The van der Waals surface area contributed by atoms with E-state index in [4.69, 9.17) is 22.4 Å². The second-order valence-corrected chi connectivity index (χ2v) is 8.65. The molecule has 0 bridgehead atoms. The van der Waals surface area contributed by atoms with Crippen molar-refractivity contribution in [2.45, 2.75) is 25.2 Å². The molecule has 3 aromatic rings. The van der Waals surface area contributed by atoms with Gasteiger partial charge in [-0.15, -0.1) is 0 Å². The van der Waals surface area contributed by atoms with Crippen molar-refractivity contribution >= 4 is 49.9 Å². The highest BCUT2D eigenvalue weighted by Gasteiger charge is 2.44. The first-order valence-corrected chi connectivity index (χ1v) is 10.0. The molecule has 2 aromatic carbocycles. The van der Waals surface area contributed by atoms with Crippen LogP contribution in [0, 0.1) is 5.92 Å². The SMILES string of the molecule is CC1(c2ccccc2)CC(/C(=N/NC(N)=S)c2cc3cc(Br)ccc3o2)C1. The molecule has 138 valence electrons. The third-order valence-electron chi connectivity index (χ3n) is 5.27. The monoisotopic (exact) mass is 441 g/mol. The molecule has 6 heteroatoms. The van der Waals surface area contributed by atoms with Gasteiger partial charge in [-0.25, -0.2) is 0 Å². The molecule has 0 amide bonds. The highest BCUT2D eigenvalue weighted by molar-refractivity contribution is 9.10. The molecule has 1 heterocycles. The normalized spacial score (nSPS) is 22.4. The van der Waals surface area contributed by atoms with E-state index in [0.29, 0.717) is 0 Å². The molecular weight excluding hydrogens is 422 g/mol. The molecule has 0 spiro atoms. The molecule has 1 fully saturated rings. The molecule has 4 nitrogen and oxygen atoms in total. The average Bonchev–Trinajstić information content (AvgIpc) is 3.03. The Bertz CT molecular complexity index is 1020. The van der Waals surface area contributed by atoms with Crippen LogP contribution in [-0.4, -0.2) is 10.8 Å². The highest BCUT2D eigenvalue weighted by atomic mass is 79.9. The van der Waals surface area contributed by atoms with Crippen molar-refractivity contribution in [1.82, 2.24) is 5.43 Å². The summed E-state index contributed by atoms with van der Waals surface area (Å²) in [7, 11) is 0. The van der Waals surface area contributed by atoms with Gasteiger partial charge in [0.2, 0.25) is 0 Å². The number of rotatable bonds is 4. The Morgan fingerprint density at radius 1 is 1.22 bits per heavy atom. The van der Waals surface area contributed by atoms with Crippen LogP contribution in [0.25, 0.3) is 11.0 Å². The first-order chi connectivity index (χ1) is 12.9. The number of furan rings is 1. The van der Waals surface area contributed by atoms with Gasteiger partial charge in [-0.1, -0.05) is 53.2 Å². The molecule has 0 radical (unpaired) electrons. The zero-order valence-corrected chi connectivity index (χ0v) is 17.3. The number of hydrogen-bond donors (Lipinski definition) is 2. The summed E-state index contributed by atoms with van der Waals surface area (Å²) in [6, 6.07) is 18.6. The van der Waals surface area contributed by atoms with Gasteiger partial charge in [0.15, 0.2) is 10.9 Å². The first kappa shape index (κ1) is 18.2. The number of hydrogen-bond acceptors (Lipinski definition) is 3. The van der Waals surface area contributed by atoms with Crippen molar-refractivity contribution in [2.75, 3.05) is 0 Å². The Morgan fingerprint density at radius 3 is 2.67 bits per heavy atom. The summed E-state index contributed by atoms with van der Waals surface area (Å²) < 4.78 is 7.09. The molecule has 1 aliphatic carbocycles. The lowest BCUT2D eigenvalue weighted by Crippen LogP contribution is -2.43. The van der Waals surface area contributed by atoms with Gasteiger partial charge in [0.1, 0.15) is 11.3 Å². The number of halogens is 1. The third kappa shape index (κ3) is 3.64. The van der Waals surface area contributed by atoms with Crippen LogP contribution in [0.2, 0.25) is 0 Å². The quantitative estimate of drug-likeness (QED) is 0.335. The van der Waals surface area contributed by atoms with E-state index in [9.17, 15) is 0 Å². The number of nitrogens with zero attached hydrogens (tertiary/aromatic N) is 1. The van der Waals surface area contributed by atoms with Crippen LogP contribution >= 0.6 is 28.1 Å². The molecule has 0 unspecified atom stereocenters. The van der Waals surface area contributed by atoms with Gasteiger partial charge in [-0.05, 0) is 60.3 Å². The summed E-state index contributed by atoms with van der Waals surface area (Å²) in [5.41, 5.74) is 11.5. The Kier molecular flexibility index (Phi) is 4.78. The smallest absolute Gasteiger partial charge is 0.184 e. The average molecular weight is 442 g/mol. The van der Waals surface area contributed by atoms with Crippen molar-refractivity contribution in [3.63, 3.8) is 0 Å². The van der Waals surface area contributed by atoms with Gasteiger partial charge in [0.25, 0.3) is 0 Å². The minimum atomic E-state index is 0.144. The van der Waals surface area contributed by atoms with E-state index in [0.717, 1.165) is 39.8 Å². The van der Waals surface area contributed by atoms with E-state index in [1.54, 1.807) is 0 Å². The number of benzene rings is 2. The standard InChI is InChI=1S/C21H20BrN3OS/c1-21(15-5-3-2-4-6-15)11-14(12-21)19(24-25-20(23)27)18-10-13-9-16(22)7-8-17(13)26-18/h2-10,14H,11-12H2,1H3,(H3,23,25,27)/b24-19-. The Labute approximate surface area is 171 Å². The fraction of sp³-hybridized carbons (Fsp3) is 0.238. The second kappa shape index (κ2) is 7.09. The van der Waals surface area contributed by atoms with Crippen LogP contribution in [0.3, 0.4) is 0 Å². The van der Waals surface area contributed by atoms with E-state index in [2.05, 4.69) is 63.7 Å². The van der Waals surface area contributed by atoms with Gasteiger partial charge < -0.3 is 10.2 Å². The predicted octanol–water partition coefficient (Wildman–Crippen LogP) is 5.10. The summed E-state index contributed by atoms with van der Waals surface area (Å²) in [5.74, 6) is 1.04. The molecule has 27 heavy (non-hydrogen) atoms. The molecule has 1 aromatic heterocycles. The first-order valence-electron chi connectivity index (χ1n) is 8.83. The predicted molar refractivity (Wildman–Crippen MR) is 117 cm³/mol. The lowest BCUT2D eigenvalue weighted by Gasteiger charge is -2.45. The van der Waals surface area contributed by atoms with Gasteiger partial charge in [0, 0.05) is 15.8 Å². The van der Waals surface area contributed by atoms with E-state index in [-0.39, 0.29) is 16.4 Å². The van der Waals surface area contributed by atoms with Gasteiger partial charge in [-0.2, -0.15) is 5.10 Å². The lowest BCUT2D eigenvalue weighted by atomic mass is 9.58. The largest absolute Gasteiger partial charge is 0.455 e. The van der Waals surface area contributed by atoms with E-state index >= 15 is 0 Å². The molecule has 3 N–H and O–H groups in total. The summed E-state index contributed by atoms with van der Waals surface area (Å²) >= 11 is 8.44. The van der Waals surface area contributed by atoms with Crippen LogP contribution in [0.1, 0.15) is 31.1 Å². The molecule has 1 aliphatic rings. The fourth-order valence-corrected chi connectivity index (χ4v) is 4.33. The number of nitrogens with two attached hydrogens (primary N) is 1. The van der Waals surface area contributed by atoms with Gasteiger partial charge >= 0.3 is 0 Å². The van der Waals surface area contributed by atoms with Crippen LogP contribution in [0.5, 0.6) is 0 Å². The maximum absolute atomic E-state index is 6.07. The van der Waals surface area contributed by atoms with Crippen molar-refractivity contribution in [2.24, 2.45) is 16.8 Å². The lowest BCUT2D eigenvalue weighted by molar-refractivity contribution is 0.216. The summed E-state index contributed by atoms with van der Waals surface area (Å²) in [5, 5.41) is 5.67. The molecule has 0 atom stereocenters. The Balaban J connectivity index is 1.64. The van der Waals surface area contributed by atoms with Crippen LogP contribution < -0.4 is 11.2 Å². The minimum Gasteiger partial charge on any atom is -0.455 e. The van der Waals surface area contributed by atoms with E-state index in [1.165, 1.54) is 5.56 Å². The summed E-state index contributed by atoms with van der Waals surface area (Å²) in [6.07, 6.45) is 1.99. The van der Waals surface area contributed by atoms with E-state index in [1.807, 2.05) is 24.3 Å². The molecular formula is C21H20BrN3OS. The zero-order valence-electron chi connectivity index (χ0n) is 14.9. The van der Waals surface area contributed by atoms with Crippen molar-refractivity contribution in [3.8, 4) is 0 Å². The Morgan fingerprint density at radius 2 is 1.96 bits per heavy atom. The second-order valence-electron chi connectivity index (χ2n) is 7.30. The number of hydrazone groups is 1. The molecule has 4 rings (SSSR count). The third-order valence-corrected chi connectivity index (χ3v) is 5.85. The number of nitrogens with one attached hydrogen (secondary N) is 1. The molecule has 1 saturated carbocycles. The summed E-state index contributed by atoms with van der Waals surface area (Å²) in [6.45, 7) is 2.30.